The molecule has 1 heterocycles. The highest BCUT2D eigenvalue weighted by Gasteiger charge is 2.40. The van der Waals surface area contributed by atoms with Crippen LogP contribution >= 0.6 is 0 Å². The van der Waals surface area contributed by atoms with Crippen molar-refractivity contribution in [3.63, 3.8) is 0 Å². The molecule has 2 fully saturated rings. The van der Waals surface area contributed by atoms with Gasteiger partial charge < -0.3 is 4.74 Å². The summed E-state index contributed by atoms with van der Waals surface area (Å²) >= 11 is 0. The van der Waals surface area contributed by atoms with Crippen LogP contribution in [0, 0.1) is 11.3 Å². The summed E-state index contributed by atoms with van der Waals surface area (Å²) in [6, 6.07) is 0. The van der Waals surface area contributed by atoms with Crippen molar-refractivity contribution in [2.75, 3.05) is 6.61 Å². The maximum Gasteiger partial charge on any atom is 0.306 e. The molecule has 0 spiro atoms. The molecule has 1 saturated heterocycles. The molecule has 0 aromatic heterocycles. The molecule has 0 amide bonds. The Hall–Kier alpha value is -0.530. The number of carbonyl (C=O) groups is 1. The molecule has 0 unspecified atom stereocenters. The predicted molar refractivity (Wildman–Crippen MR) is 50.3 cm³/mol. The molecule has 0 aromatic rings. The van der Waals surface area contributed by atoms with E-state index >= 15 is 0 Å². The van der Waals surface area contributed by atoms with Crippen LogP contribution in [0.5, 0.6) is 0 Å². The van der Waals surface area contributed by atoms with Crippen molar-refractivity contribution in [1.29, 1.82) is 0 Å². The zero-order chi connectivity index (χ0) is 9.31. The molecule has 74 valence electrons. The minimum atomic E-state index is 0.0109. The van der Waals surface area contributed by atoms with Crippen molar-refractivity contribution in [2.45, 2.75) is 45.4 Å². The highest BCUT2D eigenvalue weighted by Crippen LogP contribution is 2.45. The molecule has 0 N–H and O–H groups in total. The summed E-state index contributed by atoms with van der Waals surface area (Å²) in [4.78, 5) is 11.0. The van der Waals surface area contributed by atoms with Gasteiger partial charge in [-0.2, -0.15) is 0 Å². The van der Waals surface area contributed by atoms with Crippen LogP contribution in [0.1, 0.15) is 45.4 Å². The molecule has 0 aromatic carbocycles. The fourth-order valence-electron chi connectivity index (χ4n) is 2.73. The summed E-state index contributed by atoms with van der Waals surface area (Å²) in [6.45, 7) is 3.01. The van der Waals surface area contributed by atoms with E-state index in [2.05, 4.69) is 6.92 Å². The number of hydrogen-bond acceptors (Lipinski definition) is 2. The van der Waals surface area contributed by atoms with Crippen LogP contribution < -0.4 is 0 Å². The predicted octanol–water partition coefficient (Wildman–Crippen LogP) is 2.52. The molecular formula is C11H18O2. The Kier molecular flexibility index (Phi) is 2.31. The van der Waals surface area contributed by atoms with Crippen LogP contribution in [-0.2, 0) is 9.53 Å². The lowest BCUT2D eigenvalue weighted by molar-refractivity contribution is -0.137. The Morgan fingerprint density at radius 1 is 1.31 bits per heavy atom. The van der Waals surface area contributed by atoms with E-state index in [1.54, 1.807) is 0 Å². The lowest BCUT2D eigenvalue weighted by atomic mass is 9.67. The van der Waals surface area contributed by atoms with Gasteiger partial charge in [0.1, 0.15) is 0 Å². The van der Waals surface area contributed by atoms with E-state index in [0.717, 1.165) is 0 Å². The highest BCUT2D eigenvalue weighted by molar-refractivity contribution is 5.71. The minimum Gasteiger partial charge on any atom is -0.465 e. The minimum absolute atomic E-state index is 0.0109. The van der Waals surface area contributed by atoms with Gasteiger partial charge in [0, 0.05) is 5.92 Å². The molecule has 2 rings (SSSR count). The van der Waals surface area contributed by atoms with E-state index in [9.17, 15) is 4.79 Å². The third-order valence-corrected chi connectivity index (χ3v) is 3.84. The van der Waals surface area contributed by atoms with Gasteiger partial charge >= 0.3 is 5.97 Å². The summed E-state index contributed by atoms with van der Waals surface area (Å²) in [7, 11) is 0. The van der Waals surface area contributed by atoms with Crippen LogP contribution in [0.4, 0.5) is 0 Å². The van der Waals surface area contributed by atoms with Gasteiger partial charge in [0.2, 0.25) is 0 Å². The van der Waals surface area contributed by atoms with Gasteiger partial charge in [-0.15, -0.1) is 0 Å². The highest BCUT2D eigenvalue weighted by atomic mass is 16.5. The summed E-state index contributed by atoms with van der Waals surface area (Å²) in [5, 5.41) is 0. The van der Waals surface area contributed by atoms with Gasteiger partial charge in [-0.25, -0.2) is 0 Å². The molecule has 2 heteroatoms. The second-order valence-electron chi connectivity index (χ2n) is 4.80. The SMILES string of the molecule is CC1([C@@H]2COC(=O)C2)CCCCC1. The Morgan fingerprint density at radius 2 is 2.00 bits per heavy atom. The average Bonchev–Trinajstić information content (AvgIpc) is 2.54. The molecule has 1 aliphatic heterocycles. The molecule has 1 aliphatic carbocycles. The Morgan fingerprint density at radius 3 is 2.54 bits per heavy atom. The van der Waals surface area contributed by atoms with Gasteiger partial charge in [-0.3, -0.25) is 4.79 Å². The largest absolute Gasteiger partial charge is 0.465 e. The lowest BCUT2D eigenvalue weighted by Crippen LogP contribution is -2.30. The van der Waals surface area contributed by atoms with Crippen molar-refractivity contribution in [2.24, 2.45) is 11.3 Å². The first kappa shape index (κ1) is 9.04. The Balaban J connectivity index is 2.01. The zero-order valence-corrected chi connectivity index (χ0v) is 8.34. The van der Waals surface area contributed by atoms with Crippen LogP contribution in [0.2, 0.25) is 0 Å². The second-order valence-corrected chi connectivity index (χ2v) is 4.80. The monoisotopic (exact) mass is 182 g/mol. The zero-order valence-electron chi connectivity index (χ0n) is 8.34. The number of esters is 1. The average molecular weight is 182 g/mol. The molecular weight excluding hydrogens is 164 g/mol. The van der Waals surface area contributed by atoms with Crippen molar-refractivity contribution in [3.05, 3.63) is 0 Å². The molecule has 13 heavy (non-hydrogen) atoms. The van der Waals surface area contributed by atoms with Crippen molar-refractivity contribution in [3.8, 4) is 0 Å². The maximum absolute atomic E-state index is 11.0. The van der Waals surface area contributed by atoms with Crippen molar-refractivity contribution >= 4 is 5.97 Å². The first-order chi connectivity index (χ1) is 6.21. The van der Waals surface area contributed by atoms with E-state index in [1.165, 1.54) is 32.1 Å². The van der Waals surface area contributed by atoms with E-state index in [4.69, 9.17) is 4.74 Å². The number of hydrogen-bond donors (Lipinski definition) is 0. The molecule has 1 saturated carbocycles. The first-order valence-electron chi connectivity index (χ1n) is 5.36. The smallest absolute Gasteiger partial charge is 0.306 e. The topological polar surface area (TPSA) is 26.3 Å². The Labute approximate surface area is 79.7 Å². The van der Waals surface area contributed by atoms with Gasteiger partial charge in [-0.05, 0) is 18.3 Å². The molecule has 2 nitrogen and oxygen atoms in total. The van der Waals surface area contributed by atoms with Crippen LogP contribution in [0.3, 0.4) is 0 Å². The third-order valence-electron chi connectivity index (χ3n) is 3.84. The van der Waals surface area contributed by atoms with E-state index in [0.29, 0.717) is 24.4 Å². The van der Waals surface area contributed by atoms with Crippen LogP contribution in [-0.4, -0.2) is 12.6 Å². The molecule has 0 radical (unpaired) electrons. The number of rotatable bonds is 1. The number of carbonyl (C=O) groups excluding carboxylic acids is 1. The van der Waals surface area contributed by atoms with Crippen LogP contribution in [0.15, 0.2) is 0 Å². The summed E-state index contributed by atoms with van der Waals surface area (Å²) in [5.41, 5.74) is 0.393. The van der Waals surface area contributed by atoms with E-state index < -0.39 is 0 Å². The van der Waals surface area contributed by atoms with Gasteiger partial charge in [0.25, 0.3) is 0 Å². The van der Waals surface area contributed by atoms with E-state index in [-0.39, 0.29) is 5.97 Å². The summed E-state index contributed by atoms with van der Waals surface area (Å²) < 4.78 is 5.04. The van der Waals surface area contributed by atoms with Gasteiger partial charge in [0.15, 0.2) is 0 Å². The molecule has 1 atom stereocenters. The summed E-state index contributed by atoms with van der Waals surface area (Å²) in [6.07, 6.45) is 7.28. The fourth-order valence-corrected chi connectivity index (χ4v) is 2.73. The summed E-state index contributed by atoms with van der Waals surface area (Å²) in [5.74, 6) is 0.511. The Bertz CT molecular complexity index is 204. The van der Waals surface area contributed by atoms with Gasteiger partial charge in [0.05, 0.1) is 13.0 Å². The maximum atomic E-state index is 11.0. The standard InChI is InChI=1S/C11H18O2/c1-11(5-3-2-4-6-11)9-7-10(12)13-8-9/h9H,2-8H2,1H3/t9-/m0/s1. The fraction of sp³-hybridized carbons (Fsp3) is 0.909. The van der Waals surface area contributed by atoms with Crippen molar-refractivity contribution in [1.82, 2.24) is 0 Å². The normalized spacial score (nSPS) is 33.0. The van der Waals surface area contributed by atoms with Gasteiger partial charge in [-0.1, -0.05) is 26.2 Å². The second kappa shape index (κ2) is 3.32. The van der Waals surface area contributed by atoms with Crippen molar-refractivity contribution < 1.29 is 9.53 Å². The molecule has 2 aliphatic rings. The number of ether oxygens (including phenoxy) is 1. The number of cyclic esters (lactones) is 1. The first-order valence-corrected chi connectivity index (χ1v) is 5.36. The lowest BCUT2D eigenvalue weighted by Gasteiger charge is -2.37. The third kappa shape index (κ3) is 1.72. The quantitative estimate of drug-likeness (QED) is 0.582. The molecule has 0 bridgehead atoms. The van der Waals surface area contributed by atoms with Crippen LogP contribution in [0.25, 0.3) is 0 Å². The van der Waals surface area contributed by atoms with E-state index in [1.807, 2.05) is 0 Å².